The Balaban J connectivity index is 4.48. The van der Waals surface area contributed by atoms with Crippen LogP contribution in [0.2, 0.25) is 0 Å². The van der Waals surface area contributed by atoms with Gasteiger partial charge in [0, 0.05) is 0 Å². The Bertz CT molecular complexity index is 250. The molecule has 0 atom stereocenters. The van der Waals surface area contributed by atoms with E-state index in [1.54, 1.807) is 27.7 Å². The van der Waals surface area contributed by atoms with Crippen molar-refractivity contribution in [2.45, 2.75) is 39.9 Å². The minimum atomic E-state index is -3.23. The molecule has 14 heavy (non-hydrogen) atoms. The first-order valence-corrected chi connectivity index (χ1v) is 7.45. The zero-order valence-electron chi connectivity index (χ0n) is 8.59. The number of rotatable bonds is 6. The Morgan fingerprint density at radius 1 is 1.29 bits per heavy atom. The quantitative estimate of drug-likeness (QED) is 0.313. The molecule has 0 fully saturated rings. The van der Waals surface area contributed by atoms with Gasteiger partial charge in [-0.25, -0.2) is 4.57 Å². The average molecular weight is 255 g/mol. The van der Waals surface area contributed by atoms with Crippen molar-refractivity contribution in [3.05, 3.63) is 0 Å². The van der Waals surface area contributed by atoms with Crippen LogP contribution >= 0.6 is 30.6 Å². The first-order chi connectivity index (χ1) is 6.39. The van der Waals surface area contributed by atoms with Crippen molar-refractivity contribution in [3.63, 3.8) is 0 Å². The second kappa shape index (κ2) is 6.72. The third kappa shape index (κ3) is 6.71. The van der Waals surface area contributed by atoms with E-state index in [-0.39, 0.29) is 12.2 Å². The van der Waals surface area contributed by atoms with Gasteiger partial charge in [-0.05, 0) is 39.9 Å². The van der Waals surface area contributed by atoms with Crippen molar-refractivity contribution in [2.75, 3.05) is 0 Å². The lowest BCUT2D eigenvalue weighted by Gasteiger charge is -2.19. The van der Waals surface area contributed by atoms with Crippen LogP contribution in [-0.4, -0.2) is 17.4 Å². The maximum Gasteiger partial charge on any atom is 0.412 e. The van der Waals surface area contributed by atoms with Crippen LogP contribution in [0.25, 0.3) is 0 Å². The maximum atomic E-state index is 11.9. The van der Waals surface area contributed by atoms with Crippen LogP contribution in [0, 0.1) is 0 Å². The predicted octanol–water partition coefficient (Wildman–Crippen LogP) is 3.70. The highest BCUT2D eigenvalue weighted by Gasteiger charge is 2.29. The van der Waals surface area contributed by atoms with Crippen LogP contribution in [0.1, 0.15) is 27.7 Å². The Morgan fingerprint density at radius 3 is 2.00 bits per heavy atom. The molecule has 0 saturated carbocycles. The van der Waals surface area contributed by atoms with Gasteiger partial charge in [0.2, 0.25) is 0 Å². The molecule has 0 aliphatic rings. The lowest BCUT2D eigenvalue weighted by atomic mass is 10.5. The molecule has 7 heteroatoms. The van der Waals surface area contributed by atoms with Gasteiger partial charge in [0.15, 0.2) is 0 Å². The summed E-state index contributed by atoms with van der Waals surface area (Å²) < 4.78 is 25.8. The third-order valence-corrected chi connectivity index (χ3v) is 4.16. The number of isothiocyanates is 1. The molecule has 0 unspecified atom stereocenters. The summed E-state index contributed by atoms with van der Waals surface area (Å²) in [6.45, 7) is 3.88. The van der Waals surface area contributed by atoms with Gasteiger partial charge in [-0.1, -0.05) is 0 Å². The first-order valence-electron chi connectivity index (χ1n) is 4.12. The monoisotopic (exact) mass is 255 g/mol. The molecule has 0 aliphatic carbocycles. The van der Waals surface area contributed by atoms with Gasteiger partial charge in [-0.2, -0.15) is 0 Å². The highest BCUT2D eigenvalue weighted by molar-refractivity contribution is 8.54. The number of nitrogens with zero attached hydrogens (tertiary/aromatic N) is 1. The molecule has 0 rings (SSSR count). The van der Waals surface area contributed by atoms with Crippen molar-refractivity contribution in [1.82, 2.24) is 0 Å². The third-order valence-electron chi connectivity index (χ3n) is 0.858. The molecule has 0 bridgehead atoms. The minimum Gasteiger partial charge on any atom is -0.297 e. The molecule has 0 spiro atoms. The SMILES string of the molecule is CC(C)OP(=O)(OC(C)C)SN=C=S. The molecule has 0 saturated heterocycles. The highest BCUT2D eigenvalue weighted by Crippen LogP contribution is 2.62. The minimum absolute atomic E-state index is 0.188. The Morgan fingerprint density at radius 2 is 1.71 bits per heavy atom. The van der Waals surface area contributed by atoms with E-state index in [1.807, 2.05) is 0 Å². The number of hydrogen-bond acceptors (Lipinski definition) is 6. The summed E-state index contributed by atoms with van der Waals surface area (Å²) in [6, 6.07) is 0. The summed E-state index contributed by atoms with van der Waals surface area (Å²) in [7, 11) is 0. The smallest absolute Gasteiger partial charge is 0.297 e. The molecular weight excluding hydrogens is 241 g/mol. The maximum absolute atomic E-state index is 11.9. The molecule has 0 aliphatic heterocycles. The fourth-order valence-corrected chi connectivity index (χ4v) is 3.90. The van der Waals surface area contributed by atoms with Gasteiger partial charge < -0.3 is 0 Å². The summed E-state index contributed by atoms with van der Waals surface area (Å²) in [4.78, 5) is 0. The molecular formula is C7H14NO3PS2. The zero-order valence-corrected chi connectivity index (χ0v) is 11.1. The van der Waals surface area contributed by atoms with Crippen LogP contribution in [0.4, 0.5) is 0 Å². The Hall–Kier alpha value is 0.300. The molecule has 0 radical (unpaired) electrons. The van der Waals surface area contributed by atoms with E-state index in [1.165, 1.54) is 0 Å². The highest BCUT2D eigenvalue weighted by atomic mass is 32.7. The van der Waals surface area contributed by atoms with Crippen LogP contribution in [0.15, 0.2) is 4.40 Å². The topological polar surface area (TPSA) is 47.9 Å². The molecule has 0 aromatic heterocycles. The van der Waals surface area contributed by atoms with Crippen molar-refractivity contribution in [2.24, 2.45) is 4.40 Å². The van der Waals surface area contributed by atoms with E-state index in [2.05, 4.69) is 21.8 Å². The summed E-state index contributed by atoms with van der Waals surface area (Å²) in [5, 5.41) is 2.11. The first kappa shape index (κ1) is 14.3. The van der Waals surface area contributed by atoms with E-state index in [9.17, 15) is 4.57 Å². The van der Waals surface area contributed by atoms with Gasteiger partial charge in [-0.15, -0.1) is 4.40 Å². The van der Waals surface area contributed by atoms with Crippen LogP contribution in [0.3, 0.4) is 0 Å². The van der Waals surface area contributed by atoms with Gasteiger partial charge in [0.25, 0.3) is 0 Å². The van der Waals surface area contributed by atoms with Crippen molar-refractivity contribution < 1.29 is 13.6 Å². The van der Waals surface area contributed by atoms with E-state index in [0.29, 0.717) is 11.6 Å². The Kier molecular flexibility index (Phi) is 6.87. The largest absolute Gasteiger partial charge is 0.412 e. The van der Waals surface area contributed by atoms with Gasteiger partial charge in [0.1, 0.15) is 11.6 Å². The average Bonchev–Trinajstić information content (AvgIpc) is 1.97. The van der Waals surface area contributed by atoms with E-state index in [4.69, 9.17) is 9.05 Å². The summed E-state index contributed by atoms with van der Waals surface area (Å²) >= 11 is 5.08. The molecule has 4 nitrogen and oxygen atoms in total. The van der Waals surface area contributed by atoms with Crippen molar-refractivity contribution in [1.29, 1.82) is 0 Å². The van der Waals surface area contributed by atoms with Crippen molar-refractivity contribution >= 4 is 35.7 Å². The molecule has 82 valence electrons. The van der Waals surface area contributed by atoms with Crippen molar-refractivity contribution in [3.8, 4) is 0 Å². The van der Waals surface area contributed by atoms with Crippen LogP contribution in [-0.2, 0) is 13.6 Å². The summed E-state index contributed by atoms with van der Waals surface area (Å²) in [5.41, 5.74) is 0. The molecule has 0 heterocycles. The fraction of sp³-hybridized carbons (Fsp3) is 0.857. The predicted molar refractivity (Wildman–Crippen MR) is 62.7 cm³/mol. The lowest BCUT2D eigenvalue weighted by Crippen LogP contribution is -2.05. The zero-order chi connectivity index (χ0) is 11.2. The fourth-order valence-electron chi connectivity index (χ4n) is 0.646. The second-order valence-electron chi connectivity index (χ2n) is 3.02. The van der Waals surface area contributed by atoms with Gasteiger partial charge in [-0.3, -0.25) is 9.05 Å². The second-order valence-corrected chi connectivity index (χ2v) is 6.70. The number of thiocarbonyl (C=S) groups is 1. The van der Waals surface area contributed by atoms with E-state index < -0.39 is 6.80 Å². The standard InChI is InChI=1S/C7H14NO3PS2/c1-6(2)10-12(9,11-7(3)4)14-8-5-13/h6-7H,1-4H3. The normalized spacial score (nSPS) is 11.9. The Labute approximate surface area is 93.9 Å². The molecule has 0 aromatic carbocycles. The number of hydrogen-bond donors (Lipinski definition) is 0. The van der Waals surface area contributed by atoms with Gasteiger partial charge in [0.05, 0.1) is 17.4 Å². The molecule has 0 amide bonds. The van der Waals surface area contributed by atoms with Crippen LogP contribution in [0.5, 0.6) is 0 Å². The molecule has 0 N–H and O–H groups in total. The van der Waals surface area contributed by atoms with E-state index >= 15 is 0 Å². The van der Waals surface area contributed by atoms with Crippen LogP contribution < -0.4 is 0 Å². The van der Waals surface area contributed by atoms with E-state index in [0.717, 1.165) is 0 Å². The molecule has 0 aromatic rings. The summed E-state index contributed by atoms with van der Waals surface area (Å²) in [6.07, 6.45) is -0.375. The lowest BCUT2D eigenvalue weighted by molar-refractivity contribution is 0.156. The van der Waals surface area contributed by atoms with Gasteiger partial charge >= 0.3 is 6.80 Å². The summed E-state index contributed by atoms with van der Waals surface area (Å²) in [5.74, 6) is 0.